The topological polar surface area (TPSA) is 59.3 Å². The number of rotatable bonds is 4. The summed E-state index contributed by atoms with van der Waals surface area (Å²) >= 11 is 1.40. The zero-order valence-corrected chi connectivity index (χ0v) is 17.2. The summed E-state index contributed by atoms with van der Waals surface area (Å²) in [7, 11) is 0. The molecule has 4 rings (SSSR count). The number of benzene rings is 2. The van der Waals surface area contributed by atoms with E-state index >= 15 is 0 Å². The maximum atomic E-state index is 12.5. The van der Waals surface area contributed by atoms with Crippen LogP contribution in [0.25, 0.3) is 16.6 Å². The van der Waals surface area contributed by atoms with Crippen molar-refractivity contribution in [2.45, 2.75) is 32.9 Å². The molecule has 0 atom stereocenters. The van der Waals surface area contributed by atoms with E-state index in [2.05, 4.69) is 53.6 Å². The number of nitrogens with one attached hydrogen (secondary N) is 1. The molecule has 0 radical (unpaired) electrons. The summed E-state index contributed by atoms with van der Waals surface area (Å²) in [5.74, 6) is 0.219. The number of fused-ring (bicyclic) bond motifs is 3. The molecule has 0 unspecified atom stereocenters. The van der Waals surface area contributed by atoms with Crippen LogP contribution in [0.3, 0.4) is 0 Å². The second-order valence-electron chi connectivity index (χ2n) is 7.13. The van der Waals surface area contributed by atoms with Gasteiger partial charge in [-0.05, 0) is 56.5 Å². The highest BCUT2D eigenvalue weighted by Gasteiger charge is 2.15. The smallest absolute Gasteiger partial charge is 0.234 e. The third-order valence-electron chi connectivity index (χ3n) is 4.88. The fourth-order valence-corrected chi connectivity index (χ4v) is 4.24. The van der Waals surface area contributed by atoms with Gasteiger partial charge in [0.2, 0.25) is 5.91 Å². The van der Waals surface area contributed by atoms with E-state index in [-0.39, 0.29) is 11.7 Å². The summed E-state index contributed by atoms with van der Waals surface area (Å²) in [6, 6.07) is 14.3. The number of para-hydroxylation sites is 1. The molecule has 0 saturated heterocycles. The number of anilines is 1. The summed E-state index contributed by atoms with van der Waals surface area (Å²) in [4.78, 5) is 12.5. The van der Waals surface area contributed by atoms with E-state index in [1.54, 1.807) is 0 Å². The lowest BCUT2D eigenvalue weighted by Crippen LogP contribution is -2.15. The van der Waals surface area contributed by atoms with Crippen LogP contribution in [0.1, 0.15) is 22.3 Å². The Balaban J connectivity index is 1.61. The maximum Gasteiger partial charge on any atom is 0.234 e. The molecular weight excluding hydrogens is 368 g/mol. The van der Waals surface area contributed by atoms with Crippen LogP contribution in [0.5, 0.6) is 0 Å². The Kier molecular flexibility index (Phi) is 4.81. The average Bonchev–Trinajstić information content (AvgIpc) is 3.05. The minimum atomic E-state index is -0.0538. The molecule has 2 aromatic carbocycles. The van der Waals surface area contributed by atoms with Crippen molar-refractivity contribution in [2.24, 2.45) is 0 Å². The van der Waals surface area contributed by atoms with E-state index < -0.39 is 0 Å². The second-order valence-corrected chi connectivity index (χ2v) is 8.07. The van der Waals surface area contributed by atoms with Gasteiger partial charge in [0.15, 0.2) is 10.8 Å². The summed E-state index contributed by atoms with van der Waals surface area (Å²) in [5, 5.41) is 13.5. The van der Waals surface area contributed by atoms with E-state index in [9.17, 15) is 4.79 Å². The number of carbonyl (C=O) groups is 1. The van der Waals surface area contributed by atoms with Gasteiger partial charge in [0.25, 0.3) is 0 Å². The molecule has 0 aliphatic carbocycles. The van der Waals surface area contributed by atoms with E-state index in [0.717, 1.165) is 33.1 Å². The van der Waals surface area contributed by atoms with Crippen molar-refractivity contribution in [3.8, 4) is 0 Å². The van der Waals surface area contributed by atoms with E-state index in [4.69, 9.17) is 0 Å². The Bertz CT molecular complexity index is 1210. The molecule has 1 amide bonds. The second kappa shape index (κ2) is 7.28. The highest BCUT2D eigenvalue weighted by atomic mass is 32.2. The first-order chi connectivity index (χ1) is 13.4. The van der Waals surface area contributed by atoms with E-state index in [0.29, 0.717) is 0 Å². The lowest BCUT2D eigenvalue weighted by Gasteiger charge is -2.11. The van der Waals surface area contributed by atoms with Crippen LogP contribution in [0.4, 0.5) is 5.69 Å². The van der Waals surface area contributed by atoms with Gasteiger partial charge < -0.3 is 5.32 Å². The fraction of sp³-hybridized carbons (Fsp3) is 0.227. The molecule has 0 bridgehead atoms. The molecule has 0 spiro atoms. The van der Waals surface area contributed by atoms with Crippen molar-refractivity contribution in [3.05, 3.63) is 64.7 Å². The third-order valence-corrected chi connectivity index (χ3v) is 5.81. The Labute approximate surface area is 168 Å². The van der Waals surface area contributed by atoms with Crippen molar-refractivity contribution in [1.29, 1.82) is 0 Å². The molecule has 2 heterocycles. The van der Waals surface area contributed by atoms with E-state index in [1.807, 2.05) is 36.4 Å². The first kappa shape index (κ1) is 18.5. The minimum Gasteiger partial charge on any atom is -0.325 e. The summed E-state index contributed by atoms with van der Waals surface area (Å²) in [5.41, 5.74) is 7.31. The molecular formula is C22H22N4OS. The van der Waals surface area contributed by atoms with Gasteiger partial charge in [0, 0.05) is 11.1 Å². The number of nitrogens with zero attached hydrogens (tertiary/aromatic N) is 3. The molecule has 2 aromatic heterocycles. The average molecular weight is 391 g/mol. The van der Waals surface area contributed by atoms with Crippen LogP contribution in [0.15, 0.2) is 47.6 Å². The van der Waals surface area contributed by atoms with E-state index in [1.165, 1.54) is 28.3 Å². The van der Waals surface area contributed by atoms with Crippen LogP contribution in [0.2, 0.25) is 0 Å². The van der Waals surface area contributed by atoms with Crippen LogP contribution in [-0.2, 0) is 4.79 Å². The van der Waals surface area contributed by atoms with Gasteiger partial charge in [-0.3, -0.25) is 9.20 Å². The Morgan fingerprint density at radius 2 is 1.82 bits per heavy atom. The number of amides is 1. The number of hydrogen-bond acceptors (Lipinski definition) is 4. The summed E-state index contributed by atoms with van der Waals surface area (Å²) < 4.78 is 2.05. The van der Waals surface area contributed by atoms with Crippen molar-refractivity contribution >= 4 is 39.9 Å². The number of thioether (sulfide) groups is 1. The van der Waals surface area contributed by atoms with Gasteiger partial charge in [0.05, 0.1) is 11.3 Å². The zero-order chi connectivity index (χ0) is 19.8. The third kappa shape index (κ3) is 3.36. The molecule has 6 heteroatoms. The summed E-state index contributed by atoms with van der Waals surface area (Å²) in [6.45, 7) is 8.21. The Hall–Kier alpha value is -2.86. The number of hydrogen-bond donors (Lipinski definition) is 1. The highest BCUT2D eigenvalue weighted by Crippen LogP contribution is 2.28. The Morgan fingerprint density at radius 3 is 2.61 bits per heavy atom. The van der Waals surface area contributed by atoms with Gasteiger partial charge in [-0.15, -0.1) is 10.2 Å². The normalized spacial score (nSPS) is 11.3. The van der Waals surface area contributed by atoms with Crippen LogP contribution < -0.4 is 5.32 Å². The summed E-state index contributed by atoms with van der Waals surface area (Å²) in [6.07, 6.45) is 0. The van der Waals surface area contributed by atoms with Crippen LogP contribution >= 0.6 is 11.8 Å². The van der Waals surface area contributed by atoms with Crippen molar-refractivity contribution in [3.63, 3.8) is 0 Å². The molecule has 4 aromatic rings. The monoisotopic (exact) mass is 390 g/mol. The van der Waals surface area contributed by atoms with Gasteiger partial charge in [-0.25, -0.2) is 0 Å². The van der Waals surface area contributed by atoms with Crippen molar-refractivity contribution < 1.29 is 4.79 Å². The molecule has 1 N–H and O–H groups in total. The van der Waals surface area contributed by atoms with Gasteiger partial charge in [-0.2, -0.15) is 0 Å². The minimum absolute atomic E-state index is 0.0538. The number of pyridine rings is 1. The molecule has 5 nitrogen and oxygen atoms in total. The lowest BCUT2D eigenvalue weighted by atomic mass is 10.1. The molecule has 0 saturated carbocycles. The molecule has 0 aliphatic rings. The van der Waals surface area contributed by atoms with Crippen molar-refractivity contribution in [2.75, 3.05) is 11.1 Å². The number of carbonyl (C=O) groups excluding carboxylic acids is 1. The largest absolute Gasteiger partial charge is 0.325 e. The number of aromatic nitrogens is 3. The number of aryl methyl sites for hydroxylation is 4. The molecule has 28 heavy (non-hydrogen) atoms. The van der Waals surface area contributed by atoms with Gasteiger partial charge >= 0.3 is 0 Å². The van der Waals surface area contributed by atoms with Gasteiger partial charge in [0.1, 0.15) is 0 Å². The first-order valence-electron chi connectivity index (χ1n) is 9.18. The predicted octanol–water partition coefficient (Wildman–Crippen LogP) is 4.85. The predicted molar refractivity (Wildman–Crippen MR) is 115 cm³/mol. The lowest BCUT2D eigenvalue weighted by molar-refractivity contribution is -0.113. The zero-order valence-electron chi connectivity index (χ0n) is 16.4. The molecule has 142 valence electrons. The Morgan fingerprint density at radius 1 is 1.00 bits per heavy atom. The molecule has 0 aliphatic heterocycles. The first-order valence-corrected chi connectivity index (χ1v) is 10.2. The van der Waals surface area contributed by atoms with Gasteiger partial charge in [-0.1, -0.05) is 47.7 Å². The molecule has 0 fully saturated rings. The SMILES string of the molecule is Cc1ccc(NC(=O)CSc2nnc3cc(C)c4cccc(C)c4n23)c(C)c1. The van der Waals surface area contributed by atoms with Crippen LogP contribution in [-0.4, -0.2) is 26.3 Å². The quantitative estimate of drug-likeness (QED) is 0.506. The maximum absolute atomic E-state index is 12.5. The standard InChI is InChI=1S/C22H22N4OS/c1-13-8-9-18(16(4)10-13)23-20(27)12-28-22-25-24-19-11-15(3)17-7-5-6-14(2)21(17)26(19)22/h5-11H,12H2,1-4H3,(H,23,27). The van der Waals surface area contributed by atoms with Crippen LogP contribution in [0, 0.1) is 27.7 Å². The fourth-order valence-electron chi connectivity index (χ4n) is 3.49. The highest BCUT2D eigenvalue weighted by molar-refractivity contribution is 7.99. The van der Waals surface area contributed by atoms with Crippen molar-refractivity contribution in [1.82, 2.24) is 14.6 Å².